The second kappa shape index (κ2) is 4.18. The number of ether oxygens (including phenoxy) is 1. The average molecular weight is 169 g/mol. The molecule has 0 spiro atoms. The topological polar surface area (TPSA) is 29.8 Å². The van der Waals surface area contributed by atoms with Crippen molar-refractivity contribution in [2.75, 3.05) is 39.5 Å². The lowest BCUT2D eigenvalue weighted by atomic mass is 10.4. The van der Waals surface area contributed by atoms with Crippen molar-refractivity contribution in [3.63, 3.8) is 0 Å². The smallest absolute Gasteiger partial charge is 0.112 e. The van der Waals surface area contributed by atoms with Gasteiger partial charge in [-0.05, 0) is 6.42 Å². The summed E-state index contributed by atoms with van der Waals surface area (Å²) in [6.45, 7) is 7.82. The van der Waals surface area contributed by atoms with Gasteiger partial charge in [0.2, 0.25) is 0 Å². The van der Waals surface area contributed by atoms with Gasteiger partial charge in [0.15, 0.2) is 0 Å². The summed E-state index contributed by atoms with van der Waals surface area (Å²) in [5.74, 6) is 0. The highest BCUT2D eigenvalue weighted by atomic mass is 16.5. The summed E-state index contributed by atoms with van der Waals surface area (Å²) < 4.78 is 5.36. The Labute approximate surface area is 73.4 Å². The number of hydrogen-bond acceptors (Lipinski definition) is 3. The molecule has 0 unspecified atom stereocenters. The van der Waals surface area contributed by atoms with E-state index in [4.69, 9.17) is 4.74 Å². The quantitative estimate of drug-likeness (QED) is 0.538. The molecule has 0 aromatic rings. The predicted molar refractivity (Wildman–Crippen MR) is 45.0 cm³/mol. The monoisotopic (exact) mass is 169 g/mol. The molecule has 2 fully saturated rings. The molecule has 2 heterocycles. The zero-order chi connectivity index (χ0) is 8.23. The zero-order valence-electron chi connectivity index (χ0n) is 7.28. The molecule has 0 aromatic carbocycles. The van der Waals surface area contributed by atoms with Crippen LogP contribution in [-0.2, 0) is 4.74 Å². The summed E-state index contributed by atoms with van der Waals surface area (Å²) in [6, 6.07) is 0. The number of rotatable bonds is 1. The van der Waals surface area contributed by atoms with E-state index in [-0.39, 0.29) is 0 Å². The van der Waals surface area contributed by atoms with Gasteiger partial charge in [0, 0.05) is 32.7 Å². The van der Waals surface area contributed by atoms with E-state index in [1.54, 1.807) is 0 Å². The van der Waals surface area contributed by atoms with Crippen LogP contribution in [0.25, 0.3) is 0 Å². The maximum absolute atomic E-state index is 5.36. The molecule has 68 valence electrons. The van der Waals surface area contributed by atoms with Gasteiger partial charge < -0.3 is 4.74 Å². The van der Waals surface area contributed by atoms with Crippen molar-refractivity contribution in [3.8, 4) is 0 Å². The van der Waals surface area contributed by atoms with E-state index in [2.05, 4.69) is 21.9 Å². The van der Waals surface area contributed by atoms with Crippen LogP contribution >= 0.6 is 0 Å². The number of nitrogens with zero attached hydrogens (tertiary/aromatic N) is 3. The van der Waals surface area contributed by atoms with Crippen LogP contribution in [0.15, 0.2) is 0 Å². The Morgan fingerprint density at radius 3 is 2.75 bits per heavy atom. The SMILES string of the molecule is [CH]1CCOCN1N1CC[N]CC1. The molecule has 0 saturated carbocycles. The molecular weight excluding hydrogens is 154 g/mol. The van der Waals surface area contributed by atoms with Crippen LogP contribution in [0.1, 0.15) is 6.42 Å². The van der Waals surface area contributed by atoms with E-state index < -0.39 is 0 Å². The summed E-state index contributed by atoms with van der Waals surface area (Å²) in [7, 11) is 0. The van der Waals surface area contributed by atoms with E-state index in [1.807, 2.05) is 0 Å². The van der Waals surface area contributed by atoms with Gasteiger partial charge in [-0.25, -0.2) is 15.3 Å². The van der Waals surface area contributed by atoms with Gasteiger partial charge in [0.25, 0.3) is 0 Å². The van der Waals surface area contributed by atoms with Crippen LogP contribution in [-0.4, -0.2) is 49.5 Å². The molecule has 2 rings (SSSR count). The predicted octanol–water partition coefficient (Wildman–Crippen LogP) is -0.337. The third-order valence-corrected chi connectivity index (χ3v) is 2.22. The fraction of sp³-hybridized carbons (Fsp3) is 0.875. The molecule has 4 nitrogen and oxygen atoms in total. The molecule has 2 saturated heterocycles. The highest BCUT2D eigenvalue weighted by Gasteiger charge is 2.20. The lowest BCUT2D eigenvalue weighted by Crippen LogP contribution is -2.51. The summed E-state index contributed by atoms with van der Waals surface area (Å²) in [6.07, 6.45) is 1.04. The van der Waals surface area contributed by atoms with Crippen molar-refractivity contribution in [1.29, 1.82) is 0 Å². The summed E-state index contributed by atoms with van der Waals surface area (Å²) in [5.41, 5.74) is 0. The molecule has 0 amide bonds. The van der Waals surface area contributed by atoms with E-state index in [1.165, 1.54) is 0 Å². The Morgan fingerprint density at radius 2 is 2.08 bits per heavy atom. The van der Waals surface area contributed by atoms with Gasteiger partial charge in [-0.2, -0.15) is 0 Å². The zero-order valence-corrected chi connectivity index (χ0v) is 7.28. The Balaban J connectivity index is 1.80. The minimum absolute atomic E-state index is 0.722. The van der Waals surface area contributed by atoms with Gasteiger partial charge in [-0.3, -0.25) is 0 Å². The second-order valence-corrected chi connectivity index (χ2v) is 3.07. The van der Waals surface area contributed by atoms with Crippen LogP contribution in [0.2, 0.25) is 0 Å². The van der Waals surface area contributed by atoms with E-state index >= 15 is 0 Å². The van der Waals surface area contributed by atoms with Crippen molar-refractivity contribution >= 4 is 0 Å². The molecule has 0 bridgehead atoms. The van der Waals surface area contributed by atoms with Crippen LogP contribution in [0.4, 0.5) is 0 Å². The second-order valence-electron chi connectivity index (χ2n) is 3.07. The van der Waals surface area contributed by atoms with Crippen molar-refractivity contribution in [2.45, 2.75) is 6.42 Å². The summed E-state index contributed by atoms with van der Waals surface area (Å²) >= 11 is 0. The van der Waals surface area contributed by atoms with Gasteiger partial charge in [0.1, 0.15) is 6.73 Å². The number of hydrogen-bond donors (Lipinski definition) is 0. The highest BCUT2D eigenvalue weighted by Crippen LogP contribution is 2.10. The molecule has 0 atom stereocenters. The van der Waals surface area contributed by atoms with Gasteiger partial charge in [0.05, 0.1) is 6.61 Å². The largest absolute Gasteiger partial charge is 0.365 e. The fourth-order valence-electron chi connectivity index (χ4n) is 1.55. The first-order chi connectivity index (χ1) is 5.97. The maximum atomic E-state index is 5.36. The van der Waals surface area contributed by atoms with Gasteiger partial charge >= 0.3 is 0 Å². The normalized spacial score (nSPS) is 29.0. The molecule has 0 N–H and O–H groups in total. The van der Waals surface area contributed by atoms with E-state index in [0.717, 1.165) is 45.9 Å². The Bertz CT molecular complexity index is 114. The van der Waals surface area contributed by atoms with Crippen molar-refractivity contribution in [3.05, 3.63) is 6.54 Å². The standard InChI is InChI=1S/C8H15N3O/c1-4-11(8-12-7-1)10-5-2-9-3-6-10/h4H,1-3,5-8H2. The minimum atomic E-state index is 0.722. The first-order valence-electron chi connectivity index (χ1n) is 4.52. The first-order valence-corrected chi connectivity index (χ1v) is 4.52. The first kappa shape index (κ1) is 8.44. The molecule has 2 aliphatic heterocycles. The third kappa shape index (κ3) is 1.95. The van der Waals surface area contributed by atoms with Crippen molar-refractivity contribution in [1.82, 2.24) is 15.3 Å². The lowest BCUT2D eigenvalue weighted by molar-refractivity contribution is -0.115. The van der Waals surface area contributed by atoms with Crippen molar-refractivity contribution in [2.24, 2.45) is 0 Å². The van der Waals surface area contributed by atoms with E-state index in [9.17, 15) is 0 Å². The molecule has 2 aliphatic rings. The minimum Gasteiger partial charge on any atom is -0.365 e. The van der Waals surface area contributed by atoms with Crippen LogP contribution < -0.4 is 5.32 Å². The Hall–Kier alpha value is -0.160. The summed E-state index contributed by atoms with van der Waals surface area (Å²) in [5, 5.41) is 8.79. The summed E-state index contributed by atoms with van der Waals surface area (Å²) in [4.78, 5) is 0. The fourth-order valence-corrected chi connectivity index (χ4v) is 1.55. The third-order valence-electron chi connectivity index (χ3n) is 2.22. The van der Waals surface area contributed by atoms with E-state index in [0.29, 0.717) is 0 Å². The van der Waals surface area contributed by atoms with Crippen LogP contribution in [0.5, 0.6) is 0 Å². The Kier molecular flexibility index (Phi) is 2.94. The highest BCUT2D eigenvalue weighted by molar-refractivity contribution is 4.72. The molecule has 2 radical (unpaired) electrons. The maximum Gasteiger partial charge on any atom is 0.112 e. The molecular formula is C8H15N3O. The Morgan fingerprint density at radius 1 is 1.25 bits per heavy atom. The molecule has 4 heteroatoms. The van der Waals surface area contributed by atoms with Gasteiger partial charge in [-0.15, -0.1) is 0 Å². The van der Waals surface area contributed by atoms with Gasteiger partial charge in [-0.1, -0.05) is 0 Å². The number of piperazine rings is 1. The molecule has 0 aliphatic carbocycles. The lowest BCUT2D eigenvalue weighted by Gasteiger charge is -2.38. The van der Waals surface area contributed by atoms with Crippen molar-refractivity contribution < 1.29 is 4.74 Å². The van der Waals surface area contributed by atoms with Crippen LogP contribution in [0, 0.1) is 6.54 Å². The molecule has 0 aromatic heterocycles. The van der Waals surface area contributed by atoms with Crippen LogP contribution in [0.3, 0.4) is 0 Å². The number of hydrazine groups is 1. The average Bonchev–Trinajstić information content (AvgIpc) is 2.21. The molecule has 12 heavy (non-hydrogen) atoms.